The zero-order valence-electron chi connectivity index (χ0n) is 15.9. The third kappa shape index (κ3) is 5.70. The highest BCUT2D eigenvalue weighted by molar-refractivity contribution is 9.10. The lowest BCUT2D eigenvalue weighted by Crippen LogP contribution is -2.44. The minimum Gasteiger partial charge on any atom is -0.355 e. The number of pyridine rings is 1. The second kappa shape index (κ2) is 9.13. The number of halogens is 4. The minimum atomic E-state index is -4.39. The predicted molar refractivity (Wildman–Crippen MR) is 110 cm³/mol. The topological polar surface area (TPSA) is 48.5 Å². The van der Waals surface area contributed by atoms with Crippen LogP contribution in [0.25, 0.3) is 0 Å². The summed E-state index contributed by atoms with van der Waals surface area (Å²) in [5, 5.41) is 2.92. The van der Waals surface area contributed by atoms with Crippen LogP contribution in [0.5, 0.6) is 0 Å². The van der Waals surface area contributed by atoms with Gasteiger partial charge in [0.25, 0.3) is 0 Å². The average Bonchev–Trinajstić information content (AvgIpc) is 2.93. The number of nitrogens with one attached hydrogen (secondary N) is 1. The monoisotopic (exact) mass is 470 g/mol. The lowest BCUT2D eigenvalue weighted by Gasteiger charge is -2.27. The van der Waals surface area contributed by atoms with Crippen LogP contribution in [0.2, 0.25) is 0 Å². The molecule has 0 saturated carbocycles. The van der Waals surface area contributed by atoms with E-state index in [1.54, 1.807) is 0 Å². The standard InChI is InChI=1S/C20H22BrF3N4O/c1-14(19(29)26-17-5-2-4-16(21)12-17)27-8-3-9-28(11-10-27)18-7-6-15(13-25-18)20(22,23)24/h2,4-7,12-14H,3,8-11H2,1H3,(H,26,29). The van der Waals surface area contributed by atoms with Crippen LogP contribution < -0.4 is 10.2 Å². The summed E-state index contributed by atoms with van der Waals surface area (Å²) in [6.45, 7) is 4.47. The quantitative estimate of drug-likeness (QED) is 0.719. The van der Waals surface area contributed by atoms with Crippen LogP contribution in [-0.4, -0.2) is 48.0 Å². The smallest absolute Gasteiger partial charge is 0.355 e. The van der Waals surface area contributed by atoms with Gasteiger partial charge in [-0.15, -0.1) is 0 Å². The highest BCUT2D eigenvalue weighted by Gasteiger charge is 2.31. The molecule has 1 unspecified atom stereocenters. The van der Waals surface area contributed by atoms with Crippen molar-refractivity contribution >= 4 is 33.3 Å². The van der Waals surface area contributed by atoms with Gasteiger partial charge in [0.05, 0.1) is 11.6 Å². The molecule has 0 aliphatic carbocycles. The van der Waals surface area contributed by atoms with E-state index in [4.69, 9.17) is 0 Å². The Balaban J connectivity index is 1.59. The van der Waals surface area contributed by atoms with Crippen molar-refractivity contribution in [2.45, 2.75) is 25.6 Å². The molecule has 1 amide bonds. The third-order valence-electron chi connectivity index (χ3n) is 4.95. The third-order valence-corrected chi connectivity index (χ3v) is 5.44. The number of alkyl halides is 3. The molecule has 3 rings (SSSR count). The molecule has 1 aromatic heterocycles. The minimum absolute atomic E-state index is 0.0933. The van der Waals surface area contributed by atoms with Gasteiger partial charge in [-0.3, -0.25) is 9.69 Å². The van der Waals surface area contributed by atoms with Crippen LogP contribution in [0.15, 0.2) is 47.1 Å². The van der Waals surface area contributed by atoms with E-state index in [0.29, 0.717) is 25.5 Å². The maximum Gasteiger partial charge on any atom is 0.417 e. The molecule has 1 N–H and O–H groups in total. The van der Waals surface area contributed by atoms with Gasteiger partial charge >= 0.3 is 6.18 Å². The van der Waals surface area contributed by atoms with Crippen molar-refractivity contribution in [3.63, 3.8) is 0 Å². The Labute approximate surface area is 176 Å². The Kier molecular flexibility index (Phi) is 6.79. The first-order chi connectivity index (χ1) is 13.7. The molecule has 2 aromatic rings. The van der Waals surface area contributed by atoms with Gasteiger partial charge in [-0.1, -0.05) is 22.0 Å². The first-order valence-electron chi connectivity index (χ1n) is 9.33. The zero-order valence-corrected chi connectivity index (χ0v) is 17.5. The number of amides is 1. The van der Waals surface area contributed by atoms with E-state index in [0.717, 1.165) is 35.4 Å². The zero-order chi connectivity index (χ0) is 21.0. The largest absolute Gasteiger partial charge is 0.417 e. The Bertz CT molecular complexity index is 844. The molecule has 0 spiro atoms. The van der Waals surface area contributed by atoms with Gasteiger partial charge in [-0.25, -0.2) is 4.98 Å². The summed E-state index contributed by atoms with van der Waals surface area (Å²) in [7, 11) is 0. The molecular formula is C20H22BrF3N4O. The van der Waals surface area contributed by atoms with Crippen molar-refractivity contribution < 1.29 is 18.0 Å². The van der Waals surface area contributed by atoms with Crippen LogP contribution in [-0.2, 0) is 11.0 Å². The van der Waals surface area contributed by atoms with E-state index in [2.05, 4.69) is 31.1 Å². The first kappa shape index (κ1) is 21.6. The molecule has 1 aliphatic rings. The molecular weight excluding hydrogens is 449 g/mol. The van der Waals surface area contributed by atoms with E-state index in [1.165, 1.54) is 6.07 Å². The Morgan fingerprint density at radius 2 is 1.97 bits per heavy atom. The van der Waals surface area contributed by atoms with Gasteiger partial charge in [0.2, 0.25) is 5.91 Å². The second-order valence-electron chi connectivity index (χ2n) is 6.95. The molecule has 1 atom stereocenters. The van der Waals surface area contributed by atoms with Gasteiger partial charge in [0, 0.05) is 42.5 Å². The molecule has 29 heavy (non-hydrogen) atoms. The van der Waals surface area contributed by atoms with Crippen molar-refractivity contribution in [1.29, 1.82) is 0 Å². The number of carbonyl (C=O) groups is 1. The number of anilines is 2. The van der Waals surface area contributed by atoms with Crippen molar-refractivity contribution in [3.05, 3.63) is 52.6 Å². The maximum atomic E-state index is 12.7. The first-order valence-corrected chi connectivity index (χ1v) is 10.1. The Morgan fingerprint density at radius 3 is 2.62 bits per heavy atom. The fourth-order valence-electron chi connectivity index (χ4n) is 3.27. The van der Waals surface area contributed by atoms with Crippen LogP contribution in [0, 0.1) is 0 Å². The molecule has 1 saturated heterocycles. The number of hydrogen-bond acceptors (Lipinski definition) is 4. The normalized spacial score (nSPS) is 16.9. The summed E-state index contributed by atoms with van der Waals surface area (Å²) in [4.78, 5) is 20.6. The van der Waals surface area contributed by atoms with Crippen molar-refractivity contribution in [2.24, 2.45) is 0 Å². The maximum absolute atomic E-state index is 12.7. The van der Waals surface area contributed by atoms with E-state index in [1.807, 2.05) is 36.1 Å². The van der Waals surface area contributed by atoms with Crippen LogP contribution in [0.1, 0.15) is 18.9 Å². The highest BCUT2D eigenvalue weighted by Crippen LogP contribution is 2.29. The van der Waals surface area contributed by atoms with Crippen LogP contribution in [0.4, 0.5) is 24.7 Å². The fourth-order valence-corrected chi connectivity index (χ4v) is 3.67. The van der Waals surface area contributed by atoms with Gasteiger partial charge in [0.1, 0.15) is 5.82 Å². The Hall–Kier alpha value is -2.13. The number of aromatic nitrogens is 1. The molecule has 0 radical (unpaired) electrons. The van der Waals surface area contributed by atoms with Crippen molar-refractivity contribution in [3.8, 4) is 0 Å². The fraction of sp³-hybridized carbons (Fsp3) is 0.400. The summed E-state index contributed by atoms with van der Waals surface area (Å²) in [6.07, 6.45) is -2.73. The van der Waals surface area contributed by atoms with Crippen molar-refractivity contribution in [2.75, 3.05) is 36.4 Å². The van der Waals surface area contributed by atoms with Crippen molar-refractivity contribution in [1.82, 2.24) is 9.88 Å². The van der Waals surface area contributed by atoms with Crippen LogP contribution >= 0.6 is 15.9 Å². The summed E-state index contributed by atoms with van der Waals surface area (Å²) in [5.74, 6) is 0.426. The van der Waals surface area contributed by atoms with Gasteiger partial charge in [-0.2, -0.15) is 13.2 Å². The van der Waals surface area contributed by atoms with Crippen LogP contribution in [0.3, 0.4) is 0 Å². The average molecular weight is 471 g/mol. The molecule has 1 aromatic carbocycles. The molecule has 0 bridgehead atoms. The van der Waals surface area contributed by atoms with Gasteiger partial charge < -0.3 is 10.2 Å². The number of carbonyl (C=O) groups excluding carboxylic acids is 1. The number of nitrogens with zero attached hydrogens (tertiary/aromatic N) is 3. The molecule has 1 aliphatic heterocycles. The SMILES string of the molecule is CC(C(=O)Nc1cccc(Br)c1)N1CCCN(c2ccc(C(F)(F)F)cn2)CC1. The van der Waals surface area contributed by atoms with E-state index >= 15 is 0 Å². The van der Waals surface area contributed by atoms with E-state index in [-0.39, 0.29) is 11.9 Å². The van der Waals surface area contributed by atoms with Gasteiger partial charge in [0.15, 0.2) is 0 Å². The lowest BCUT2D eigenvalue weighted by atomic mass is 10.2. The second-order valence-corrected chi connectivity index (χ2v) is 7.87. The Morgan fingerprint density at radius 1 is 1.17 bits per heavy atom. The lowest BCUT2D eigenvalue weighted by molar-refractivity contribution is -0.137. The summed E-state index contributed by atoms with van der Waals surface area (Å²) in [6, 6.07) is 9.54. The predicted octanol–water partition coefficient (Wildman–Crippen LogP) is 4.40. The molecule has 156 valence electrons. The highest BCUT2D eigenvalue weighted by atomic mass is 79.9. The number of hydrogen-bond donors (Lipinski definition) is 1. The molecule has 5 nitrogen and oxygen atoms in total. The molecule has 2 heterocycles. The molecule has 9 heteroatoms. The number of rotatable bonds is 4. The van der Waals surface area contributed by atoms with E-state index in [9.17, 15) is 18.0 Å². The summed E-state index contributed by atoms with van der Waals surface area (Å²) < 4.78 is 39.0. The summed E-state index contributed by atoms with van der Waals surface area (Å²) >= 11 is 3.38. The van der Waals surface area contributed by atoms with E-state index < -0.39 is 11.7 Å². The summed E-state index contributed by atoms with van der Waals surface area (Å²) in [5.41, 5.74) is -0.0304. The molecule has 1 fully saturated rings. The number of benzene rings is 1. The van der Waals surface area contributed by atoms with Gasteiger partial charge in [-0.05, 0) is 43.7 Å².